The molecule has 0 spiro atoms. The first-order valence-electron chi connectivity index (χ1n) is 3.72. The topological polar surface area (TPSA) is 52.4 Å². The first-order valence-corrected chi connectivity index (χ1v) is 4.10. The van der Waals surface area contributed by atoms with Gasteiger partial charge < -0.3 is 4.74 Å². The Labute approximate surface area is 80.2 Å². The number of hydrogen-bond acceptors (Lipinski definition) is 3. The number of ether oxygens (including phenoxy) is 1. The molecule has 0 aliphatic heterocycles. The molecule has 0 bridgehead atoms. The molecule has 0 radical (unpaired) electrons. The van der Waals surface area contributed by atoms with Crippen LogP contribution in [0.2, 0.25) is 5.02 Å². The summed E-state index contributed by atoms with van der Waals surface area (Å²) in [6, 6.07) is 4.59. The summed E-state index contributed by atoms with van der Waals surface area (Å²) in [5.74, 6) is 0.208. The van der Waals surface area contributed by atoms with Gasteiger partial charge in [0.1, 0.15) is 5.02 Å². The highest BCUT2D eigenvalue weighted by Crippen LogP contribution is 2.33. The first-order chi connectivity index (χ1) is 6.16. The van der Waals surface area contributed by atoms with E-state index in [-0.39, 0.29) is 16.5 Å². The number of para-hydroxylation sites is 1. The van der Waals surface area contributed by atoms with Gasteiger partial charge in [-0.05, 0) is 19.1 Å². The van der Waals surface area contributed by atoms with Crippen molar-refractivity contribution in [2.24, 2.45) is 0 Å². The fraction of sp³-hybridized carbons (Fsp3) is 0.250. The maximum atomic E-state index is 10.6. The second kappa shape index (κ2) is 4.09. The third-order valence-electron chi connectivity index (χ3n) is 1.43. The number of nitro groups is 1. The van der Waals surface area contributed by atoms with Gasteiger partial charge >= 0.3 is 5.69 Å². The van der Waals surface area contributed by atoms with E-state index in [1.807, 2.05) is 0 Å². The molecule has 0 N–H and O–H groups in total. The number of nitrogens with zero attached hydrogens (tertiary/aromatic N) is 1. The predicted octanol–water partition coefficient (Wildman–Crippen LogP) is 2.65. The van der Waals surface area contributed by atoms with Gasteiger partial charge in [-0.25, -0.2) is 0 Å². The summed E-state index contributed by atoms with van der Waals surface area (Å²) >= 11 is 5.64. The van der Waals surface area contributed by atoms with Crippen molar-refractivity contribution < 1.29 is 9.66 Å². The van der Waals surface area contributed by atoms with Gasteiger partial charge in [0.05, 0.1) is 11.5 Å². The minimum absolute atomic E-state index is 0.0935. The van der Waals surface area contributed by atoms with E-state index in [9.17, 15) is 10.1 Å². The van der Waals surface area contributed by atoms with Crippen molar-refractivity contribution in [2.45, 2.75) is 6.92 Å². The predicted molar refractivity (Wildman–Crippen MR) is 49.3 cm³/mol. The first kappa shape index (κ1) is 9.80. The zero-order chi connectivity index (χ0) is 9.84. The fourth-order valence-electron chi connectivity index (χ4n) is 0.945. The minimum atomic E-state index is -0.548. The highest BCUT2D eigenvalue weighted by molar-refractivity contribution is 6.32. The SMILES string of the molecule is CCOc1cccc(Cl)c1[N+](=O)[O-]. The molecule has 13 heavy (non-hydrogen) atoms. The standard InChI is InChI=1S/C8H8ClNO3/c1-2-13-7-5-3-4-6(9)8(7)10(11)12/h3-5H,2H2,1H3. The maximum Gasteiger partial charge on any atom is 0.329 e. The zero-order valence-electron chi connectivity index (χ0n) is 6.99. The Morgan fingerprint density at radius 2 is 2.31 bits per heavy atom. The second-order valence-electron chi connectivity index (χ2n) is 2.28. The Morgan fingerprint density at radius 1 is 1.62 bits per heavy atom. The average molecular weight is 202 g/mol. The molecule has 0 unspecified atom stereocenters. The van der Waals surface area contributed by atoms with Gasteiger partial charge in [-0.1, -0.05) is 17.7 Å². The Morgan fingerprint density at radius 3 is 2.85 bits per heavy atom. The lowest BCUT2D eigenvalue weighted by molar-refractivity contribution is -0.385. The van der Waals surface area contributed by atoms with E-state index in [0.29, 0.717) is 6.61 Å². The van der Waals surface area contributed by atoms with Crippen LogP contribution in [-0.2, 0) is 0 Å². The molecule has 5 heteroatoms. The number of halogens is 1. The number of hydrogen-bond donors (Lipinski definition) is 0. The molecule has 4 nitrogen and oxygen atoms in total. The van der Waals surface area contributed by atoms with Crippen molar-refractivity contribution in [1.29, 1.82) is 0 Å². The van der Waals surface area contributed by atoms with Crippen molar-refractivity contribution >= 4 is 17.3 Å². The number of benzene rings is 1. The quantitative estimate of drug-likeness (QED) is 0.558. The highest BCUT2D eigenvalue weighted by atomic mass is 35.5. The van der Waals surface area contributed by atoms with Crippen LogP contribution in [0.4, 0.5) is 5.69 Å². The summed E-state index contributed by atoms with van der Waals surface area (Å²) in [6.45, 7) is 2.13. The largest absolute Gasteiger partial charge is 0.487 e. The molecule has 1 aromatic carbocycles. The zero-order valence-corrected chi connectivity index (χ0v) is 7.75. The van der Waals surface area contributed by atoms with Crippen molar-refractivity contribution in [2.75, 3.05) is 6.61 Å². The van der Waals surface area contributed by atoms with Crippen molar-refractivity contribution in [1.82, 2.24) is 0 Å². The molecule has 0 saturated heterocycles. The molecule has 0 aliphatic rings. The van der Waals surface area contributed by atoms with Crippen LogP contribution in [0.25, 0.3) is 0 Å². The summed E-state index contributed by atoms with van der Waals surface area (Å²) in [7, 11) is 0. The second-order valence-corrected chi connectivity index (χ2v) is 2.68. The molecule has 1 rings (SSSR count). The van der Waals surface area contributed by atoms with Crippen LogP contribution in [0.1, 0.15) is 6.92 Å². The summed E-state index contributed by atoms with van der Waals surface area (Å²) in [4.78, 5) is 10.0. The average Bonchev–Trinajstić information content (AvgIpc) is 2.04. The molecule has 0 amide bonds. The summed E-state index contributed by atoms with van der Waals surface area (Å²) in [6.07, 6.45) is 0. The summed E-state index contributed by atoms with van der Waals surface area (Å²) in [5.41, 5.74) is -0.175. The van der Waals surface area contributed by atoms with Crippen molar-refractivity contribution in [3.63, 3.8) is 0 Å². The van der Waals surface area contributed by atoms with Gasteiger partial charge in [-0.3, -0.25) is 10.1 Å². The molecule has 0 fully saturated rings. The smallest absolute Gasteiger partial charge is 0.329 e. The van der Waals surface area contributed by atoms with Gasteiger partial charge in [0.25, 0.3) is 0 Å². The third-order valence-corrected chi connectivity index (χ3v) is 1.74. The fourth-order valence-corrected chi connectivity index (χ4v) is 1.18. The molecule has 0 saturated carbocycles. The van der Waals surface area contributed by atoms with Crippen LogP contribution in [-0.4, -0.2) is 11.5 Å². The summed E-state index contributed by atoms with van der Waals surface area (Å²) in [5, 5.41) is 10.7. The maximum absolute atomic E-state index is 10.6. The van der Waals surface area contributed by atoms with E-state index in [1.165, 1.54) is 12.1 Å². The van der Waals surface area contributed by atoms with Crippen LogP contribution in [0.15, 0.2) is 18.2 Å². The van der Waals surface area contributed by atoms with E-state index in [1.54, 1.807) is 13.0 Å². The Balaban J connectivity index is 3.17. The van der Waals surface area contributed by atoms with Gasteiger partial charge in [0.2, 0.25) is 0 Å². The number of rotatable bonds is 3. The Kier molecular flexibility index (Phi) is 3.08. The van der Waals surface area contributed by atoms with Crippen molar-refractivity contribution in [3.05, 3.63) is 33.3 Å². The Bertz CT molecular complexity index is 327. The van der Waals surface area contributed by atoms with Crippen LogP contribution in [0, 0.1) is 10.1 Å². The molecule has 0 atom stereocenters. The molecular weight excluding hydrogens is 194 g/mol. The van der Waals surface area contributed by atoms with E-state index in [0.717, 1.165) is 0 Å². The van der Waals surface area contributed by atoms with Crippen LogP contribution < -0.4 is 4.74 Å². The highest BCUT2D eigenvalue weighted by Gasteiger charge is 2.18. The molecular formula is C8H8ClNO3. The Hall–Kier alpha value is -1.29. The van der Waals surface area contributed by atoms with E-state index in [2.05, 4.69) is 0 Å². The van der Waals surface area contributed by atoms with Gasteiger partial charge in [0, 0.05) is 0 Å². The molecule has 1 aromatic rings. The van der Waals surface area contributed by atoms with Crippen molar-refractivity contribution in [3.8, 4) is 5.75 Å². The minimum Gasteiger partial charge on any atom is -0.487 e. The molecule has 0 aromatic heterocycles. The summed E-state index contributed by atoms with van der Waals surface area (Å²) < 4.78 is 5.05. The lowest BCUT2D eigenvalue weighted by atomic mass is 10.3. The number of nitro benzene ring substituents is 1. The third kappa shape index (κ3) is 2.09. The van der Waals surface area contributed by atoms with Crippen LogP contribution in [0.3, 0.4) is 0 Å². The van der Waals surface area contributed by atoms with Gasteiger partial charge in [0.15, 0.2) is 5.75 Å². The normalized spacial score (nSPS) is 9.69. The molecule has 0 aliphatic carbocycles. The molecule has 0 heterocycles. The van der Waals surface area contributed by atoms with Gasteiger partial charge in [-0.15, -0.1) is 0 Å². The lowest BCUT2D eigenvalue weighted by Gasteiger charge is -2.03. The van der Waals surface area contributed by atoms with E-state index >= 15 is 0 Å². The molecule has 70 valence electrons. The van der Waals surface area contributed by atoms with Crippen LogP contribution >= 0.6 is 11.6 Å². The van der Waals surface area contributed by atoms with E-state index < -0.39 is 4.92 Å². The van der Waals surface area contributed by atoms with Crippen LogP contribution in [0.5, 0.6) is 5.75 Å². The van der Waals surface area contributed by atoms with E-state index in [4.69, 9.17) is 16.3 Å². The monoisotopic (exact) mass is 201 g/mol. The lowest BCUT2D eigenvalue weighted by Crippen LogP contribution is -1.97. The van der Waals surface area contributed by atoms with Gasteiger partial charge in [-0.2, -0.15) is 0 Å².